The third kappa shape index (κ3) is 3.14. The number of amides is 1. The topological polar surface area (TPSA) is 63.4 Å². The van der Waals surface area contributed by atoms with Gasteiger partial charge in [0.05, 0.1) is 6.54 Å². The molecule has 1 amide bonds. The van der Waals surface area contributed by atoms with E-state index in [0.717, 1.165) is 15.6 Å². The van der Waals surface area contributed by atoms with E-state index in [-0.39, 0.29) is 21.9 Å². The van der Waals surface area contributed by atoms with Crippen molar-refractivity contribution in [3.63, 3.8) is 0 Å². The first-order valence-electron chi connectivity index (χ1n) is 8.61. The summed E-state index contributed by atoms with van der Waals surface area (Å²) in [7, 11) is 0. The van der Waals surface area contributed by atoms with Gasteiger partial charge in [0.25, 0.3) is 0 Å². The lowest BCUT2D eigenvalue weighted by atomic mass is 9.98. The van der Waals surface area contributed by atoms with Crippen molar-refractivity contribution in [2.24, 2.45) is 0 Å². The maximum atomic E-state index is 15.0. The van der Waals surface area contributed by atoms with E-state index < -0.39 is 41.6 Å². The Morgan fingerprint density at radius 3 is 2.53 bits per heavy atom. The fraction of sp³-hybridized carbons (Fsp3) is 0.158. The Morgan fingerprint density at radius 2 is 1.83 bits per heavy atom. The first-order chi connectivity index (χ1) is 14.3. The molecule has 6 nitrogen and oxygen atoms in total. The molecule has 30 heavy (non-hydrogen) atoms. The Balaban J connectivity index is 1.91. The lowest BCUT2D eigenvalue weighted by Gasteiger charge is -2.23. The minimum absolute atomic E-state index is 0.101. The highest BCUT2D eigenvalue weighted by Crippen LogP contribution is 2.31. The molecule has 0 aliphatic heterocycles. The number of hydrogen-bond acceptors (Lipinski definition) is 4. The molecule has 0 unspecified atom stereocenters. The second-order valence-corrected chi connectivity index (χ2v) is 7.04. The van der Waals surface area contributed by atoms with Gasteiger partial charge in [-0.25, -0.2) is 8.78 Å². The van der Waals surface area contributed by atoms with E-state index in [2.05, 4.69) is 15.2 Å². The normalized spacial score (nSPS) is 11.4. The quantitative estimate of drug-likeness (QED) is 0.338. The fourth-order valence-corrected chi connectivity index (χ4v) is 3.62. The first-order valence-corrected chi connectivity index (χ1v) is 9.52. The molecule has 0 N–H and O–H groups in total. The molecule has 2 aromatic carbocycles. The lowest BCUT2D eigenvalue weighted by molar-refractivity contribution is -0.116. The average molecular weight is 454 g/mol. The Hall–Kier alpha value is -2.91. The number of rotatable bonds is 4. The molecule has 2 heterocycles. The van der Waals surface area contributed by atoms with Crippen LogP contribution in [0.2, 0.25) is 5.28 Å². The van der Waals surface area contributed by atoms with Gasteiger partial charge in [-0.05, 0) is 29.5 Å². The third-order valence-corrected chi connectivity index (χ3v) is 5.30. The molecular formula is C19H12Cl2F3N5O. The summed E-state index contributed by atoms with van der Waals surface area (Å²) in [5.41, 5.74) is -0.0190. The Morgan fingerprint density at radius 1 is 1.13 bits per heavy atom. The second kappa shape index (κ2) is 7.73. The number of aromatic nitrogens is 4. The first kappa shape index (κ1) is 20.4. The third-order valence-electron chi connectivity index (χ3n) is 4.80. The van der Waals surface area contributed by atoms with Gasteiger partial charge in [0.2, 0.25) is 22.7 Å². The van der Waals surface area contributed by atoms with Crippen molar-refractivity contribution in [1.82, 2.24) is 19.6 Å². The van der Waals surface area contributed by atoms with Crippen LogP contribution in [0, 0.1) is 24.4 Å². The number of halogens is 5. The number of nitrogens with zero attached hydrogens (tertiary/aromatic N) is 5. The van der Waals surface area contributed by atoms with Crippen molar-refractivity contribution >= 4 is 51.3 Å². The summed E-state index contributed by atoms with van der Waals surface area (Å²) in [6.45, 7) is 1.07. The van der Waals surface area contributed by atoms with Gasteiger partial charge >= 0.3 is 0 Å². The van der Waals surface area contributed by atoms with E-state index in [1.54, 1.807) is 25.1 Å². The molecule has 4 rings (SSSR count). The highest BCUT2D eigenvalue weighted by molar-refractivity contribution is 6.30. The number of anilines is 1. The average Bonchev–Trinajstić information content (AvgIpc) is 3.26. The summed E-state index contributed by atoms with van der Waals surface area (Å²) >= 11 is 11.7. The molecule has 0 atom stereocenters. The number of carbonyl (C=O) groups excluding carboxylic acids is 1. The molecule has 0 aliphatic rings. The molecule has 0 fully saturated rings. The van der Waals surface area contributed by atoms with Gasteiger partial charge in [-0.1, -0.05) is 24.3 Å². The van der Waals surface area contributed by atoms with Crippen LogP contribution in [0.4, 0.5) is 19.0 Å². The summed E-state index contributed by atoms with van der Waals surface area (Å²) in [6, 6.07) is 6.34. The summed E-state index contributed by atoms with van der Waals surface area (Å²) in [4.78, 5) is 17.2. The van der Waals surface area contributed by atoms with Crippen LogP contribution in [0.1, 0.15) is 11.1 Å². The fourth-order valence-electron chi connectivity index (χ4n) is 3.27. The summed E-state index contributed by atoms with van der Waals surface area (Å²) in [5.74, 6) is -5.06. The van der Waals surface area contributed by atoms with Gasteiger partial charge < -0.3 is 0 Å². The largest absolute Gasteiger partial charge is 0.288 e. The van der Waals surface area contributed by atoms with Crippen LogP contribution < -0.4 is 4.90 Å². The number of aryl methyl sites for hydroxylation is 1. The van der Waals surface area contributed by atoms with Gasteiger partial charge in [0.1, 0.15) is 12.2 Å². The van der Waals surface area contributed by atoms with Crippen molar-refractivity contribution < 1.29 is 18.0 Å². The Labute approximate surface area is 177 Å². The summed E-state index contributed by atoms with van der Waals surface area (Å²) < 4.78 is 45.6. The molecule has 11 heteroatoms. The van der Waals surface area contributed by atoms with E-state index in [9.17, 15) is 13.6 Å². The Bertz CT molecular complexity index is 1310. The number of carbonyl (C=O) groups is 1. The van der Waals surface area contributed by atoms with Crippen molar-refractivity contribution in [2.75, 3.05) is 10.8 Å². The predicted octanol–water partition coefficient (Wildman–Crippen LogP) is 4.43. The zero-order chi connectivity index (χ0) is 21.6. The van der Waals surface area contributed by atoms with E-state index in [1.165, 1.54) is 6.07 Å². The summed E-state index contributed by atoms with van der Waals surface area (Å²) in [5, 5.41) is 7.51. The molecule has 0 aliphatic carbocycles. The van der Waals surface area contributed by atoms with Crippen molar-refractivity contribution in [3.05, 3.63) is 64.5 Å². The van der Waals surface area contributed by atoms with E-state index in [1.807, 2.05) is 0 Å². The Kier molecular flexibility index (Phi) is 5.25. The molecule has 0 saturated carbocycles. The maximum absolute atomic E-state index is 15.0. The van der Waals surface area contributed by atoms with Crippen LogP contribution in [-0.2, 0) is 11.3 Å². The number of hydrogen-bond donors (Lipinski definition) is 0. The molecule has 154 valence electrons. The minimum Gasteiger partial charge on any atom is -0.288 e. The molecule has 0 bridgehead atoms. The van der Waals surface area contributed by atoms with Crippen molar-refractivity contribution in [2.45, 2.75) is 13.5 Å². The van der Waals surface area contributed by atoms with Crippen LogP contribution in [0.3, 0.4) is 0 Å². The van der Waals surface area contributed by atoms with E-state index in [0.29, 0.717) is 10.9 Å². The molecular weight excluding hydrogens is 442 g/mol. The van der Waals surface area contributed by atoms with Crippen LogP contribution >= 0.6 is 23.2 Å². The number of fused-ring (bicyclic) bond motifs is 2. The monoisotopic (exact) mass is 453 g/mol. The zero-order valence-corrected chi connectivity index (χ0v) is 16.8. The van der Waals surface area contributed by atoms with Crippen LogP contribution in [0.15, 0.2) is 30.6 Å². The second-order valence-electron chi connectivity index (χ2n) is 6.43. The predicted molar refractivity (Wildman–Crippen MR) is 106 cm³/mol. The summed E-state index contributed by atoms with van der Waals surface area (Å²) in [6.07, 6.45) is 1.15. The van der Waals surface area contributed by atoms with E-state index in [4.69, 9.17) is 23.2 Å². The highest BCUT2D eigenvalue weighted by Gasteiger charge is 2.28. The SMILES string of the molecule is Cc1c(CN(C(=O)CCl)c2nc(Cl)n3cnnc3c2F)c(F)c(F)c2ccccc12. The molecule has 4 aromatic rings. The molecule has 0 radical (unpaired) electrons. The highest BCUT2D eigenvalue weighted by atomic mass is 35.5. The smallest absolute Gasteiger partial charge is 0.243 e. The standard InChI is InChI=1S/C19H12Cl2F3N5O/c1-9-10-4-2-3-5-11(10)14(22)15(23)12(9)7-28(13(30)6-20)17-16(24)18-27-25-8-29(18)19(21)26-17/h2-5,8H,6-7H2,1H3. The van der Waals surface area contributed by atoms with Crippen LogP contribution in [-0.4, -0.2) is 31.4 Å². The zero-order valence-electron chi connectivity index (χ0n) is 15.3. The van der Waals surface area contributed by atoms with Gasteiger partial charge in [0.15, 0.2) is 17.5 Å². The molecule has 0 spiro atoms. The van der Waals surface area contributed by atoms with Gasteiger partial charge in [-0.15, -0.1) is 21.8 Å². The maximum Gasteiger partial charge on any atom is 0.243 e. The lowest BCUT2D eigenvalue weighted by Crippen LogP contribution is -2.34. The molecule has 2 aromatic heterocycles. The number of alkyl halides is 1. The molecule has 0 saturated heterocycles. The van der Waals surface area contributed by atoms with Crippen LogP contribution in [0.25, 0.3) is 16.4 Å². The number of benzene rings is 2. The van der Waals surface area contributed by atoms with Crippen LogP contribution in [0.5, 0.6) is 0 Å². The van der Waals surface area contributed by atoms with Gasteiger partial charge in [0, 0.05) is 10.9 Å². The van der Waals surface area contributed by atoms with Gasteiger partial charge in [-0.3, -0.25) is 14.1 Å². The minimum atomic E-state index is -1.14. The van der Waals surface area contributed by atoms with Crippen molar-refractivity contribution in [1.29, 1.82) is 0 Å². The van der Waals surface area contributed by atoms with E-state index >= 15 is 4.39 Å². The van der Waals surface area contributed by atoms with Crippen molar-refractivity contribution in [3.8, 4) is 0 Å². The van der Waals surface area contributed by atoms with Gasteiger partial charge in [-0.2, -0.15) is 9.37 Å².